The lowest BCUT2D eigenvalue weighted by atomic mass is 9.78. The van der Waals surface area contributed by atoms with E-state index in [9.17, 15) is 4.79 Å². The highest BCUT2D eigenvalue weighted by molar-refractivity contribution is 8.00. The van der Waals surface area contributed by atoms with Crippen molar-refractivity contribution in [3.05, 3.63) is 29.3 Å². The van der Waals surface area contributed by atoms with Gasteiger partial charge in [0.25, 0.3) is 0 Å². The molecular weight excluding hydrogens is 304 g/mol. The molecule has 1 amide bonds. The molecule has 3 aliphatic rings. The molecule has 0 saturated carbocycles. The molecule has 23 heavy (non-hydrogen) atoms. The molecule has 1 N–H and O–H groups in total. The van der Waals surface area contributed by atoms with Crippen LogP contribution in [0.3, 0.4) is 0 Å². The Kier molecular flexibility index (Phi) is 4.37. The van der Waals surface area contributed by atoms with E-state index in [0.717, 1.165) is 26.2 Å². The van der Waals surface area contributed by atoms with Crippen LogP contribution in [0.15, 0.2) is 23.1 Å². The van der Waals surface area contributed by atoms with Crippen molar-refractivity contribution < 1.29 is 4.79 Å². The van der Waals surface area contributed by atoms with Crippen LogP contribution >= 0.6 is 11.8 Å². The van der Waals surface area contributed by atoms with Gasteiger partial charge in [0.05, 0.1) is 5.75 Å². The molecule has 124 valence electrons. The summed E-state index contributed by atoms with van der Waals surface area (Å²) in [4.78, 5) is 15.8. The number of thioether (sulfide) groups is 1. The minimum Gasteiger partial charge on any atom is -0.342 e. The van der Waals surface area contributed by atoms with E-state index < -0.39 is 0 Å². The van der Waals surface area contributed by atoms with Crippen molar-refractivity contribution in [1.82, 2.24) is 10.2 Å². The third kappa shape index (κ3) is 3.29. The molecule has 2 heterocycles. The van der Waals surface area contributed by atoms with Crippen LogP contribution in [-0.4, -0.2) is 42.7 Å². The Morgan fingerprint density at radius 1 is 1.17 bits per heavy atom. The van der Waals surface area contributed by atoms with Gasteiger partial charge in [-0.15, -0.1) is 11.8 Å². The van der Waals surface area contributed by atoms with Crippen LogP contribution in [0.2, 0.25) is 0 Å². The molecular formula is C19H26N2OS. The molecule has 1 spiro atoms. The van der Waals surface area contributed by atoms with Crippen molar-refractivity contribution in [1.29, 1.82) is 0 Å². The molecule has 0 radical (unpaired) electrons. The van der Waals surface area contributed by atoms with Crippen LogP contribution in [0.5, 0.6) is 0 Å². The summed E-state index contributed by atoms with van der Waals surface area (Å²) in [5.74, 6) is 0.903. The number of carbonyl (C=O) groups excluding carboxylic acids is 1. The molecule has 1 aromatic carbocycles. The number of nitrogens with zero attached hydrogens (tertiary/aromatic N) is 1. The third-order valence-corrected chi connectivity index (χ3v) is 6.92. The van der Waals surface area contributed by atoms with Gasteiger partial charge >= 0.3 is 0 Å². The Morgan fingerprint density at radius 2 is 2.00 bits per heavy atom. The SMILES string of the molecule is O=C(CSc1ccc2c(c1)CCC2)N1CCC2(CCNC2)CC1. The first-order chi connectivity index (χ1) is 11.2. The van der Waals surface area contributed by atoms with Crippen molar-refractivity contribution in [2.45, 2.75) is 43.4 Å². The second-order valence-corrected chi connectivity index (χ2v) is 8.43. The zero-order valence-corrected chi connectivity index (χ0v) is 14.6. The number of rotatable bonds is 3. The Morgan fingerprint density at radius 3 is 2.78 bits per heavy atom. The van der Waals surface area contributed by atoms with Crippen molar-refractivity contribution >= 4 is 17.7 Å². The number of piperidine rings is 1. The van der Waals surface area contributed by atoms with Crippen molar-refractivity contribution in [3.63, 3.8) is 0 Å². The molecule has 2 aliphatic heterocycles. The number of hydrogen-bond donors (Lipinski definition) is 1. The number of aryl methyl sites for hydroxylation is 2. The first kappa shape index (κ1) is 15.5. The number of hydrogen-bond acceptors (Lipinski definition) is 3. The van der Waals surface area contributed by atoms with E-state index in [1.165, 1.54) is 54.5 Å². The molecule has 3 nitrogen and oxygen atoms in total. The number of amides is 1. The second kappa shape index (κ2) is 6.48. The topological polar surface area (TPSA) is 32.3 Å². The largest absolute Gasteiger partial charge is 0.342 e. The minimum atomic E-state index is 0.316. The second-order valence-electron chi connectivity index (χ2n) is 7.38. The van der Waals surface area contributed by atoms with Crippen molar-refractivity contribution in [2.75, 3.05) is 31.9 Å². The summed E-state index contributed by atoms with van der Waals surface area (Å²) in [5.41, 5.74) is 3.49. The summed E-state index contributed by atoms with van der Waals surface area (Å²) >= 11 is 1.71. The van der Waals surface area contributed by atoms with E-state index in [4.69, 9.17) is 0 Å². The van der Waals surface area contributed by atoms with E-state index in [1.807, 2.05) is 0 Å². The number of nitrogens with one attached hydrogen (secondary N) is 1. The highest BCUT2D eigenvalue weighted by atomic mass is 32.2. The first-order valence-electron chi connectivity index (χ1n) is 8.97. The van der Waals surface area contributed by atoms with E-state index in [0.29, 0.717) is 17.1 Å². The van der Waals surface area contributed by atoms with Crippen LogP contribution < -0.4 is 5.32 Å². The first-order valence-corrected chi connectivity index (χ1v) is 9.96. The average molecular weight is 330 g/mol. The van der Waals surface area contributed by atoms with Crippen LogP contribution in [-0.2, 0) is 17.6 Å². The molecule has 1 aromatic rings. The molecule has 0 aromatic heterocycles. The van der Waals surface area contributed by atoms with E-state index in [2.05, 4.69) is 28.4 Å². The van der Waals surface area contributed by atoms with Crippen molar-refractivity contribution in [2.24, 2.45) is 5.41 Å². The van der Waals surface area contributed by atoms with Crippen LogP contribution in [0.4, 0.5) is 0 Å². The van der Waals surface area contributed by atoms with Gasteiger partial charge in [-0.2, -0.15) is 0 Å². The Labute approximate surface area is 143 Å². The zero-order valence-electron chi connectivity index (χ0n) is 13.8. The Hall–Kier alpha value is -1.00. The van der Waals surface area contributed by atoms with Gasteiger partial charge in [0.15, 0.2) is 0 Å². The summed E-state index contributed by atoms with van der Waals surface area (Å²) in [6.07, 6.45) is 7.36. The summed E-state index contributed by atoms with van der Waals surface area (Å²) in [5, 5.41) is 3.49. The summed E-state index contributed by atoms with van der Waals surface area (Å²) in [6, 6.07) is 6.75. The van der Waals surface area contributed by atoms with Crippen molar-refractivity contribution in [3.8, 4) is 0 Å². The Bertz CT molecular complexity index is 585. The molecule has 0 atom stereocenters. The maximum Gasteiger partial charge on any atom is 0.232 e. The van der Waals surface area contributed by atoms with Crippen LogP contribution in [0.25, 0.3) is 0 Å². The zero-order chi connectivity index (χ0) is 15.7. The highest BCUT2D eigenvalue weighted by Gasteiger charge is 2.37. The van der Waals surface area contributed by atoms with Gasteiger partial charge in [0.1, 0.15) is 0 Å². The monoisotopic (exact) mass is 330 g/mol. The van der Waals surface area contributed by atoms with E-state index >= 15 is 0 Å². The molecule has 0 unspecified atom stereocenters. The van der Waals surface area contributed by atoms with Gasteiger partial charge in [-0.3, -0.25) is 4.79 Å². The fraction of sp³-hybridized carbons (Fsp3) is 0.632. The predicted octanol–water partition coefficient (Wildman–Crippen LogP) is 2.87. The van der Waals surface area contributed by atoms with Crippen LogP contribution in [0, 0.1) is 5.41 Å². The average Bonchev–Trinajstić information content (AvgIpc) is 3.22. The summed E-state index contributed by atoms with van der Waals surface area (Å²) in [7, 11) is 0. The minimum absolute atomic E-state index is 0.316. The Balaban J connectivity index is 1.29. The van der Waals surface area contributed by atoms with Gasteiger partial charge in [-0.05, 0) is 73.7 Å². The van der Waals surface area contributed by atoms with Gasteiger partial charge < -0.3 is 10.2 Å². The fourth-order valence-electron chi connectivity index (χ4n) is 4.33. The standard InChI is InChI=1S/C19H26N2OS/c22-18(21-10-7-19(8-11-21)6-9-20-14-19)13-23-17-5-4-15-2-1-3-16(15)12-17/h4-5,12,20H,1-3,6-11,13-14H2. The molecule has 4 rings (SSSR count). The highest BCUT2D eigenvalue weighted by Crippen LogP contribution is 2.37. The number of likely N-dealkylation sites (tertiary alicyclic amines) is 1. The molecule has 2 fully saturated rings. The van der Waals surface area contributed by atoms with Gasteiger partial charge in [0, 0.05) is 24.5 Å². The summed E-state index contributed by atoms with van der Waals surface area (Å²) in [6.45, 7) is 4.21. The number of carbonyl (C=O) groups is 1. The fourth-order valence-corrected chi connectivity index (χ4v) is 5.19. The maximum absolute atomic E-state index is 12.5. The molecule has 0 bridgehead atoms. The normalized spacial score (nSPS) is 22.5. The van der Waals surface area contributed by atoms with Gasteiger partial charge in [0.2, 0.25) is 5.91 Å². The number of benzene rings is 1. The molecule has 1 aliphatic carbocycles. The van der Waals surface area contributed by atoms with E-state index in [1.54, 1.807) is 11.8 Å². The third-order valence-electron chi connectivity index (χ3n) is 5.94. The van der Waals surface area contributed by atoms with Gasteiger partial charge in [-0.1, -0.05) is 6.07 Å². The summed E-state index contributed by atoms with van der Waals surface area (Å²) < 4.78 is 0. The lowest BCUT2D eigenvalue weighted by Gasteiger charge is -2.38. The lowest BCUT2D eigenvalue weighted by molar-refractivity contribution is -0.130. The molecule has 4 heteroatoms. The smallest absolute Gasteiger partial charge is 0.232 e. The lowest BCUT2D eigenvalue weighted by Crippen LogP contribution is -2.44. The van der Waals surface area contributed by atoms with E-state index in [-0.39, 0.29) is 0 Å². The quantitative estimate of drug-likeness (QED) is 0.865. The maximum atomic E-state index is 12.5. The van der Waals surface area contributed by atoms with Crippen LogP contribution in [0.1, 0.15) is 36.8 Å². The number of fused-ring (bicyclic) bond motifs is 1. The molecule has 2 saturated heterocycles. The van der Waals surface area contributed by atoms with Gasteiger partial charge in [-0.25, -0.2) is 0 Å². The predicted molar refractivity (Wildman–Crippen MR) is 94.9 cm³/mol.